The highest BCUT2D eigenvalue weighted by Crippen LogP contribution is 2.37. The zero-order valence-electron chi connectivity index (χ0n) is 13.6. The van der Waals surface area contributed by atoms with E-state index in [9.17, 15) is 27.6 Å². The van der Waals surface area contributed by atoms with Crippen LogP contribution >= 0.6 is 0 Å². The summed E-state index contributed by atoms with van der Waals surface area (Å²) in [6, 6.07) is -1.20. The molecule has 1 fully saturated rings. The Kier molecular flexibility index (Phi) is 5.35. The average Bonchev–Trinajstić information content (AvgIpc) is 2.74. The molecule has 1 heterocycles. The van der Waals surface area contributed by atoms with Crippen LogP contribution in [0.1, 0.15) is 33.1 Å². The van der Waals surface area contributed by atoms with E-state index in [0.29, 0.717) is 12.8 Å². The largest absolute Gasteiger partial charge is 0.405 e. The first-order valence-electron chi connectivity index (χ1n) is 7.98. The number of nitrogens with one attached hydrogen (secondary N) is 1. The van der Waals surface area contributed by atoms with Gasteiger partial charge in [-0.25, -0.2) is 0 Å². The van der Waals surface area contributed by atoms with E-state index in [0.717, 1.165) is 4.90 Å². The van der Waals surface area contributed by atoms with Crippen molar-refractivity contribution in [3.63, 3.8) is 0 Å². The molecule has 0 saturated carbocycles. The number of imide groups is 1. The Hall–Kier alpha value is -1.86. The molecule has 0 aromatic rings. The number of nitrogens with zero attached hydrogens (tertiary/aromatic N) is 1. The van der Waals surface area contributed by atoms with Gasteiger partial charge in [-0.3, -0.25) is 19.3 Å². The minimum Gasteiger partial charge on any atom is -0.345 e. The monoisotopic (exact) mass is 346 g/mol. The molecule has 0 aromatic heterocycles. The molecule has 24 heavy (non-hydrogen) atoms. The summed E-state index contributed by atoms with van der Waals surface area (Å²) in [5.41, 5.74) is 0. The molecule has 8 heteroatoms. The van der Waals surface area contributed by atoms with Gasteiger partial charge in [0.05, 0.1) is 11.8 Å². The van der Waals surface area contributed by atoms with Crippen molar-refractivity contribution in [2.45, 2.75) is 45.3 Å². The molecule has 1 aliphatic carbocycles. The van der Waals surface area contributed by atoms with Gasteiger partial charge >= 0.3 is 6.18 Å². The molecule has 0 bridgehead atoms. The van der Waals surface area contributed by atoms with Crippen LogP contribution in [0.5, 0.6) is 0 Å². The Morgan fingerprint density at radius 3 is 2.12 bits per heavy atom. The average molecular weight is 346 g/mol. The summed E-state index contributed by atoms with van der Waals surface area (Å²) < 4.78 is 37.0. The molecular formula is C16H21F3N2O3. The van der Waals surface area contributed by atoms with E-state index in [2.05, 4.69) is 0 Å². The molecule has 2 aliphatic rings. The molecule has 1 aliphatic heterocycles. The van der Waals surface area contributed by atoms with E-state index in [1.54, 1.807) is 19.2 Å². The third kappa shape index (κ3) is 3.96. The van der Waals surface area contributed by atoms with Crippen molar-refractivity contribution in [1.82, 2.24) is 10.2 Å². The summed E-state index contributed by atoms with van der Waals surface area (Å²) in [7, 11) is 0. The lowest BCUT2D eigenvalue weighted by Crippen LogP contribution is -2.52. The van der Waals surface area contributed by atoms with E-state index in [1.807, 2.05) is 12.2 Å². The standard InChI is InChI=1S/C16H21F3N2O3/c1-9(2)7-12(13(22)20-8-16(17,18)19)21-14(23)10-5-3-4-6-11(10)15(21)24/h3-4,9-12H,5-8H2,1-2H3,(H,20,22). The van der Waals surface area contributed by atoms with Gasteiger partial charge in [-0.15, -0.1) is 0 Å². The van der Waals surface area contributed by atoms with Crippen LogP contribution in [0.25, 0.3) is 0 Å². The summed E-state index contributed by atoms with van der Waals surface area (Å²) >= 11 is 0. The SMILES string of the molecule is CC(C)CC(C(=O)NCC(F)(F)F)N1C(=O)C2CC=CCC2C1=O. The second-order valence-corrected chi connectivity index (χ2v) is 6.68. The molecule has 3 atom stereocenters. The number of hydrogen-bond acceptors (Lipinski definition) is 3. The lowest BCUT2D eigenvalue weighted by atomic mass is 9.85. The molecule has 0 spiro atoms. The van der Waals surface area contributed by atoms with Crippen LogP contribution in [0.3, 0.4) is 0 Å². The summed E-state index contributed by atoms with van der Waals surface area (Å²) in [6.45, 7) is 2.08. The minimum absolute atomic E-state index is 0.0620. The Morgan fingerprint density at radius 1 is 1.21 bits per heavy atom. The number of amides is 3. The number of allylic oxidation sites excluding steroid dienone is 2. The second-order valence-electron chi connectivity index (χ2n) is 6.68. The number of alkyl halides is 3. The smallest absolute Gasteiger partial charge is 0.345 e. The molecule has 2 rings (SSSR count). The molecule has 1 N–H and O–H groups in total. The van der Waals surface area contributed by atoms with Crippen molar-refractivity contribution in [3.05, 3.63) is 12.2 Å². The zero-order chi connectivity index (χ0) is 18.1. The predicted molar refractivity (Wildman–Crippen MR) is 79.5 cm³/mol. The van der Waals surface area contributed by atoms with Gasteiger partial charge in [-0.1, -0.05) is 26.0 Å². The van der Waals surface area contributed by atoms with Crippen molar-refractivity contribution < 1.29 is 27.6 Å². The molecule has 5 nitrogen and oxygen atoms in total. The van der Waals surface area contributed by atoms with E-state index in [-0.39, 0.29) is 12.3 Å². The van der Waals surface area contributed by atoms with Crippen molar-refractivity contribution in [3.8, 4) is 0 Å². The van der Waals surface area contributed by atoms with Crippen LogP contribution in [0.15, 0.2) is 12.2 Å². The number of likely N-dealkylation sites (tertiary alicyclic amines) is 1. The van der Waals surface area contributed by atoms with E-state index >= 15 is 0 Å². The van der Waals surface area contributed by atoms with Gasteiger partial charge in [0, 0.05) is 0 Å². The van der Waals surface area contributed by atoms with Gasteiger partial charge in [-0.2, -0.15) is 13.2 Å². The third-order valence-corrected chi connectivity index (χ3v) is 4.31. The van der Waals surface area contributed by atoms with Gasteiger partial charge in [0.15, 0.2) is 0 Å². The molecule has 1 saturated heterocycles. The lowest BCUT2D eigenvalue weighted by molar-refractivity contribution is -0.151. The molecule has 3 amide bonds. The normalized spacial score (nSPS) is 25.2. The van der Waals surface area contributed by atoms with Crippen molar-refractivity contribution >= 4 is 17.7 Å². The maximum absolute atomic E-state index is 12.5. The van der Waals surface area contributed by atoms with Gasteiger partial charge in [0.2, 0.25) is 17.7 Å². The topological polar surface area (TPSA) is 66.5 Å². The summed E-state index contributed by atoms with van der Waals surface area (Å²) in [6.07, 6.45) is 0.0612. The first kappa shape index (κ1) is 18.5. The van der Waals surface area contributed by atoms with Crippen LogP contribution in [-0.2, 0) is 14.4 Å². The van der Waals surface area contributed by atoms with E-state index < -0.39 is 48.3 Å². The highest BCUT2D eigenvalue weighted by molar-refractivity contribution is 6.08. The highest BCUT2D eigenvalue weighted by Gasteiger charge is 2.51. The summed E-state index contributed by atoms with van der Waals surface area (Å²) in [5.74, 6) is -2.92. The maximum Gasteiger partial charge on any atom is 0.405 e. The van der Waals surface area contributed by atoms with E-state index in [1.165, 1.54) is 0 Å². The minimum atomic E-state index is -4.55. The maximum atomic E-state index is 12.5. The predicted octanol–water partition coefficient (Wildman–Crippen LogP) is 2.03. The van der Waals surface area contributed by atoms with E-state index in [4.69, 9.17) is 0 Å². The number of rotatable bonds is 5. The van der Waals surface area contributed by atoms with Crippen LogP contribution in [-0.4, -0.2) is 41.4 Å². The molecule has 134 valence electrons. The number of carbonyl (C=O) groups is 3. The number of fused-ring (bicyclic) bond motifs is 1. The second kappa shape index (κ2) is 6.94. The first-order valence-corrected chi connectivity index (χ1v) is 7.98. The fourth-order valence-electron chi connectivity index (χ4n) is 3.21. The Labute approximate surface area is 138 Å². The van der Waals surface area contributed by atoms with Crippen LogP contribution in [0, 0.1) is 17.8 Å². The highest BCUT2D eigenvalue weighted by atomic mass is 19.4. The quantitative estimate of drug-likeness (QED) is 0.612. The molecular weight excluding hydrogens is 325 g/mol. The molecule has 0 aromatic carbocycles. The van der Waals surface area contributed by atoms with Crippen LogP contribution in [0.4, 0.5) is 13.2 Å². The summed E-state index contributed by atoms with van der Waals surface area (Å²) in [4.78, 5) is 38.2. The van der Waals surface area contributed by atoms with Gasteiger partial charge in [0.25, 0.3) is 0 Å². The van der Waals surface area contributed by atoms with Crippen molar-refractivity contribution in [2.24, 2.45) is 17.8 Å². The molecule has 0 radical (unpaired) electrons. The fraction of sp³-hybridized carbons (Fsp3) is 0.688. The van der Waals surface area contributed by atoms with Crippen LogP contribution in [0.2, 0.25) is 0 Å². The Bertz CT molecular complexity index is 531. The van der Waals surface area contributed by atoms with Crippen LogP contribution < -0.4 is 5.32 Å². The Balaban J connectivity index is 2.19. The lowest BCUT2D eigenvalue weighted by Gasteiger charge is -2.27. The summed E-state index contributed by atoms with van der Waals surface area (Å²) in [5, 5.41) is 1.80. The zero-order valence-corrected chi connectivity index (χ0v) is 13.6. The van der Waals surface area contributed by atoms with Crippen molar-refractivity contribution in [2.75, 3.05) is 6.54 Å². The van der Waals surface area contributed by atoms with Gasteiger partial charge in [-0.05, 0) is 25.2 Å². The van der Waals surface area contributed by atoms with Gasteiger partial charge in [0.1, 0.15) is 12.6 Å². The first-order chi connectivity index (χ1) is 11.1. The molecule has 3 unspecified atom stereocenters. The van der Waals surface area contributed by atoms with Crippen molar-refractivity contribution in [1.29, 1.82) is 0 Å². The number of carbonyl (C=O) groups excluding carboxylic acids is 3. The third-order valence-electron chi connectivity index (χ3n) is 4.31. The Morgan fingerprint density at radius 2 is 1.71 bits per heavy atom. The van der Waals surface area contributed by atoms with Gasteiger partial charge < -0.3 is 5.32 Å². The number of hydrogen-bond donors (Lipinski definition) is 1. The fourth-order valence-corrected chi connectivity index (χ4v) is 3.21. The number of halogens is 3.